The number of benzene rings is 2. The summed E-state index contributed by atoms with van der Waals surface area (Å²) in [5.74, 6) is 2.09. The smallest absolute Gasteiger partial charge is 0.193 e. The van der Waals surface area contributed by atoms with Crippen LogP contribution < -0.4 is 15.8 Å². The van der Waals surface area contributed by atoms with Crippen LogP contribution in [0, 0.1) is 0 Å². The number of nitrogens with one attached hydrogen (secondary N) is 2. The molecule has 7 heteroatoms. The molecule has 0 spiro atoms. The van der Waals surface area contributed by atoms with Crippen molar-refractivity contribution >= 4 is 46.7 Å². The predicted octanol–water partition coefficient (Wildman–Crippen LogP) is 3.55. The van der Waals surface area contributed by atoms with E-state index in [9.17, 15) is 0 Å². The molecule has 25 heavy (non-hydrogen) atoms. The number of aliphatic imine (C=N–C) groups is 1. The fraction of sp³-hybridized carbons (Fsp3) is 0.222. The van der Waals surface area contributed by atoms with Gasteiger partial charge in [-0.2, -0.15) is 0 Å². The van der Waals surface area contributed by atoms with Crippen LogP contribution in [0.2, 0.25) is 0 Å². The number of methoxy groups -OCH3 is 1. The second-order valence-electron chi connectivity index (χ2n) is 5.40. The summed E-state index contributed by atoms with van der Waals surface area (Å²) in [4.78, 5) is 12.2. The molecule has 0 atom stereocenters. The number of aromatic amines is 1. The zero-order valence-corrected chi connectivity index (χ0v) is 16.4. The van der Waals surface area contributed by atoms with Crippen LogP contribution in [0.15, 0.2) is 53.5 Å². The standard InChI is InChI=1S/C18H21N5O.HI/c1-24-16-10-5-4-9-15(16)23-18(19)20-12-6-11-17-21-13-7-2-3-8-14(13)22-17;/h2-5,7-10H,6,11-12H2,1H3,(H,21,22)(H3,19,20,23);1H. The molecule has 3 aromatic rings. The zero-order chi connectivity index (χ0) is 16.8. The molecular formula is C18H22IN5O. The minimum atomic E-state index is 0. The highest BCUT2D eigenvalue weighted by atomic mass is 127. The Bertz CT molecular complexity index is 813. The lowest BCUT2D eigenvalue weighted by Crippen LogP contribution is -2.23. The molecule has 0 amide bonds. The first kappa shape index (κ1) is 19.0. The minimum absolute atomic E-state index is 0. The number of aromatic nitrogens is 2. The normalized spacial score (nSPS) is 11.2. The number of nitrogens with two attached hydrogens (primary N) is 1. The van der Waals surface area contributed by atoms with Crippen LogP contribution in [0.25, 0.3) is 11.0 Å². The van der Waals surface area contributed by atoms with Gasteiger partial charge in [0.1, 0.15) is 11.6 Å². The van der Waals surface area contributed by atoms with E-state index >= 15 is 0 Å². The maximum Gasteiger partial charge on any atom is 0.193 e. The number of guanidine groups is 1. The Hall–Kier alpha value is -2.29. The molecule has 0 saturated heterocycles. The van der Waals surface area contributed by atoms with Crippen molar-refractivity contribution in [3.8, 4) is 5.75 Å². The Kier molecular flexibility index (Phi) is 7.05. The van der Waals surface area contributed by atoms with Crippen LogP contribution in [-0.2, 0) is 6.42 Å². The molecule has 2 aromatic carbocycles. The van der Waals surface area contributed by atoms with Gasteiger partial charge in [-0.1, -0.05) is 24.3 Å². The van der Waals surface area contributed by atoms with E-state index in [0.717, 1.165) is 41.1 Å². The molecular weight excluding hydrogens is 429 g/mol. The van der Waals surface area contributed by atoms with E-state index < -0.39 is 0 Å². The topological polar surface area (TPSA) is 88.3 Å². The van der Waals surface area contributed by atoms with Crippen molar-refractivity contribution in [2.45, 2.75) is 12.8 Å². The molecule has 6 nitrogen and oxygen atoms in total. The molecule has 0 radical (unpaired) electrons. The number of imidazole rings is 1. The maximum absolute atomic E-state index is 5.93. The van der Waals surface area contributed by atoms with Gasteiger partial charge in [0, 0.05) is 13.0 Å². The van der Waals surface area contributed by atoms with Gasteiger partial charge in [0.25, 0.3) is 0 Å². The highest BCUT2D eigenvalue weighted by molar-refractivity contribution is 14.0. The molecule has 0 unspecified atom stereocenters. The molecule has 132 valence electrons. The molecule has 0 fully saturated rings. The number of ether oxygens (including phenoxy) is 1. The van der Waals surface area contributed by atoms with Gasteiger partial charge in [0.15, 0.2) is 5.96 Å². The van der Waals surface area contributed by atoms with Crippen LogP contribution in [0.5, 0.6) is 5.75 Å². The average Bonchev–Trinajstić information content (AvgIpc) is 3.02. The lowest BCUT2D eigenvalue weighted by molar-refractivity contribution is 0.417. The first-order valence-corrected chi connectivity index (χ1v) is 7.90. The highest BCUT2D eigenvalue weighted by Crippen LogP contribution is 2.22. The van der Waals surface area contributed by atoms with Crippen molar-refractivity contribution in [2.75, 3.05) is 19.0 Å². The van der Waals surface area contributed by atoms with Crippen molar-refractivity contribution in [1.29, 1.82) is 0 Å². The van der Waals surface area contributed by atoms with Gasteiger partial charge >= 0.3 is 0 Å². The minimum Gasteiger partial charge on any atom is -0.495 e. The molecule has 1 heterocycles. The molecule has 0 aliphatic heterocycles. The van der Waals surface area contributed by atoms with Crippen LogP contribution in [0.4, 0.5) is 5.69 Å². The van der Waals surface area contributed by atoms with Crippen LogP contribution in [0.1, 0.15) is 12.2 Å². The van der Waals surface area contributed by atoms with Gasteiger partial charge < -0.3 is 20.8 Å². The molecule has 0 bridgehead atoms. The largest absolute Gasteiger partial charge is 0.495 e. The fourth-order valence-corrected chi connectivity index (χ4v) is 2.50. The van der Waals surface area contributed by atoms with E-state index in [2.05, 4.69) is 20.3 Å². The Balaban J connectivity index is 0.00000225. The molecule has 3 rings (SSSR count). The first-order valence-electron chi connectivity index (χ1n) is 7.90. The summed E-state index contributed by atoms with van der Waals surface area (Å²) in [7, 11) is 1.63. The number of hydrogen-bond acceptors (Lipinski definition) is 3. The van der Waals surface area contributed by atoms with Crippen molar-refractivity contribution in [1.82, 2.24) is 9.97 Å². The summed E-state index contributed by atoms with van der Waals surface area (Å²) >= 11 is 0. The Morgan fingerprint density at radius 2 is 1.96 bits per heavy atom. The first-order chi connectivity index (χ1) is 11.8. The SMILES string of the molecule is COc1ccccc1NC(N)=NCCCc1nc2ccccc2[nH]1.I. The van der Waals surface area contributed by atoms with Gasteiger partial charge in [-0.3, -0.25) is 4.99 Å². The van der Waals surface area contributed by atoms with E-state index in [-0.39, 0.29) is 24.0 Å². The molecule has 1 aromatic heterocycles. The quantitative estimate of drug-likeness (QED) is 0.232. The van der Waals surface area contributed by atoms with Gasteiger partial charge in [-0.25, -0.2) is 4.98 Å². The molecule has 4 N–H and O–H groups in total. The second-order valence-corrected chi connectivity index (χ2v) is 5.40. The number of fused-ring (bicyclic) bond motifs is 1. The Labute approximate surface area is 163 Å². The van der Waals surface area contributed by atoms with Crippen LogP contribution in [-0.4, -0.2) is 29.6 Å². The maximum atomic E-state index is 5.93. The van der Waals surface area contributed by atoms with Crippen molar-refractivity contribution in [3.63, 3.8) is 0 Å². The summed E-state index contributed by atoms with van der Waals surface area (Å²) in [6, 6.07) is 15.6. The number of halogens is 1. The second kappa shape index (κ2) is 9.26. The number of para-hydroxylation sites is 4. The number of hydrogen-bond donors (Lipinski definition) is 3. The summed E-state index contributed by atoms with van der Waals surface area (Å²) in [5.41, 5.74) is 8.79. The van der Waals surface area contributed by atoms with Crippen LogP contribution >= 0.6 is 24.0 Å². The number of anilines is 1. The predicted molar refractivity (Wildman–Crippen MR) is 113 cm³/mol. The third-order valence-corrected chi connectivity index (χ3v) is 3.66. The summed E-state index contributed by atoms with van der Waals surface area (Å²) in [6.07, 6.45) is 1.70. The number of nitrogens with zero attached hydrogens (tertiary/aromatic N) is 2. The van der Waals surface area contributed by atoms with E-state index in [1.807, 2.05) is 48.5 Å². The van der Waals surface area contributed by atoms with Crippen molar-refractivity contribution in [3.05, 3.63) is 54.4 Å². The molecule has 0 aliphatic carbocycles. The summed E-state index contributed by atoms with van der Waals surface area (Å²) in [5, 5.41) is 3.06. The number of H-pyrrole nitrogens is 1. The molecule has 0 saturated carbocycles. The number of rotatable bonds is 6. The lowest BCUT2D eigenvalue weighted by atomic mass is 10.3. The third-order valence-electron chi connectivity index (χ3n) is 3.66. The van der Waals surface area contributed by atoms with Crippen molar-refractivity contribution < 1.29 is 4.74 Å². The van der Waals surface area contributed by atoms with Gasteiger partial charge in [-0.05, 0) is 30.7 Å². The monoisotopic (exact) mass is 451 g/mol. The number of aryl methyl sites for hydroxylation is 1. The zero-order valence-electron chi connectivity index (χ0n) is 14.0. The van der Waals surface area contributed by atoms with Crippen LogP contribution in [0.3, 0.4) is 0 Å². The van der Waals surface area contributed by atoms with E-state index in [4.69, 9.17) is 10.5 Å². The Morgan fingerprint density at radius 1 is 1.20 bits per heavy atom. The lowest BCUT2D eigenvalue weighted by Gasteiger charge is -2.09. The van der Waals surface area contributed by atoms with Gasteiger partial charge in [0.2, 0.25) is 0 Å². The van der Waals surface area contributed by atoms with Gasteiger partial charge in [0.05, 0.1) is 23.8 Å². The van der Waals surface area contributed by atoms with E-state index in [1.54, 1.807) is 7.11 Å². The molecule has 0 aliphatic rings. The van der Waals surface area contributed by atoms with Crippen molar-refractivity contribution in [2.24, 2.45) is 10.7 Å². The Morgan fingerprint density at radius 3 is 2.76 bits per heavy atom. The average molecular weight is 451 g/mol. The van der Waals surface area contributed by atoms with Gasteiger partial charge in [-0.15, -0.1) is 24.0 Å². The third kappa shape index (κ3) is 5.09. The summed E-state index contributed by atoms with van der Waals surface area (Å²) in [6.45, 7) is 0.630. The fourth-order valence-electron chi connectivity index (χ4n) is 2.50. The highest BCUT2D eigenvalue weighted by Gasteiger charge is 2.03. The van der Waals surface area contributed by atoms with E-state index in [0.29, 0.717) is 12.5 Å². The van der Waals surface area contributed by atoms with E-state index in [1.165, 1.54) is 0 Å². The summed E-state index contributed by atoms with van der Waals surface area (Å²) < 4.78 is 5.27.